The molecule has 2 aromatic heterocycles. The molecule has 0 aliphatic carbocycles. The van der Waals surface area contributed by atoms with Gasteiger partial charge in [0.15, 0.2) is 0 Å². The van der Waals surface area contributed by atoms with Gasteiger partial charge in [0.2, 0.25) is 5.88 Å². The quantitative estimate of drug-likeness (QED) is 0.680. The Morgan fingerprint density at radius 1 is 1.27 bits per heavy atom. The first-order chi connectivity index (χ1) is 7.33. The van der Waals surface area contributed by atoms with Crippen molar-refractivity contribution in [2.24, 2.45) is 0 Å². The van der Waals surface area contributed by atoms with E-state index in [4.69, 9.17) is 10.3 Å². The lowest BCUT2D eigenvalue weighted by Crippen LogP contribution is -1.76. The molecule has 2 heterocycles. The summed E-state index contributed by atoms with van der Waals surface area (Å²) in [6, 6.07) is 9.63. The Morgan fingerprint density at radius 2 is 2.13 bits per heavy atom. The number of nitrogens with two attached hydrogens (primary N) is 1. The van der Waals surface area contributed by atoms with Crippen LogP contribution >= 0.6 is 11.3 Å². The maximum atomic E-state index is 5.46. The Kier molecular flexibility index (Phi) is 1.72. The summed E-state index contributed by atoms with van der Waals surface area (Å²) in [6.07, 6.45) is 0. The van der Waals surface area contributed by atoms with Crippen LogP contribution in [-0.4, -0.2) is 10.1 Å². The fourth-order valence-corrected chi connectivity index (χ4v) is 2.29. The summed E-state index contributed by atoms with van der Waals surface area (Å²) in [4.78, 5) is 4.44. The van der Waals surface area contributed by atoms with Crippen molar-refractivity contribution in [3.8, 4) is 10.7 Å². The molecule has 74 valence electrons. The Balaban J connectivity index is 2.19. The van der Waals surface area contributed by atoms with Crippen LogP contribution in [0.3, 0.4) is 0 Å². The number of benzene rings is 1. The minimum Gasteiger partial charge on any atom is -0.368 e. The van der Waals surface area contributed by atoms with Crippen molar-refractivity contribution in [3.05, 3.63) is 30.3 Å². The predicted octanol–water partition coefficient (Wildman–Crippen LogP) is 2.53. The molecule has 0 unspecified atom stereocenters. The summed E-state index contributed by atoms with van der Waals surface area (Å²) in [5.41, 5.74) is 7.12. The normalized spacial score (nSPS) is 10.9. The van der Waals surface area contributed by atoms with E-state index in [0.717, 1.165) is 15.2 Å². The van der Waals surface area contributed by atoms with Gasteiger partial charge in [-0.1, -0.05) is 17.3 Å². The number of hydrogen-bond acceptors (Lipinski definition) is 5. The molecule has 0 saturated heterocycles. The van der Waals surface area contributed by atoms with E-state index in [1.54, 1.807) is 17.4 Å². The number of hydrogen-bond donors (Lipinski definition) is 1. The first-order valence-electron chi connectivity index (χ1n) is 4.41. The number of aromatic nitrogens is 2. The van der Waals surface area contributed by atoms with Gasteiger partial charge in [-0.05, 0) is 12.1 Å². The van der Waals surface area contributed by atoms with E-state index in [9.17, 15) is 0 Å². The lowest BCUT2D eigenvalue weighted by molar-refractivity contribution is 0.439. The molecule has 2 N–H and O–H groups in total. The fourth-order valence-electron chi connectivity index (χ4n) is 1.37. The molecule has 0 bridgehead atoms. The summed E-state index contributed by atoms with van der Waals surface area (Å²) < 4.78 is 5.94. The van der Waals surface area contributed by atoms with Gasteiger partial charge in [-0.3, -0.25) is 0 Å². The minimum atomic E-state index is 0.309. The van der Waals surface area contributed by atoms with Crippen molar-refractivity contribution in [1.82, 2.24) is 10.1 Å². The molecule has 0 aliphatic rings. The summed E-state index contributed by atoms with van der Waals surface area (Å²) in [7, 11) is 0. The highest BCUT2D eigenvalue weighted by Gasteiger charge is 2.09. The van der Waals surface area contributed by atoms with Crippen molar-refractivity contribution < 1.29 is 4.52 Å². The zero-order valence-corrected chi connectivity index (χ0v) is 8.49. The number of nitrogens with zero attached hydrogens (tertiary/aromatic N) is 2. The molecule has 4 nitrogen and oxygen atoms in total. The van der Waals surface area contributed by atoms with Crippen molar-refractivity contribution in [2.75, 3.05) is 5.73 Å². The third kappa shape index (κ3) is 1.37. The number of rotatable bonds is 1. The smallest absolute Gasteiger partial charge is 0.222 e. The van der Waals surface area contributed by atoms with E-state index in [2.05, 4.69) is 10.1 Å². The first-order valence-corrected chi connectivity index (χ1v) is 5.23. The number of nitrogen functional groups attached to an aromatic ring is 1. The molecule has 15 heavy (non-hydrogen) atoms. The second-order valence-electron chi connectivity index (χ2n) is 3.10. The highest BCUT2D eigenvalue weighted by Crippen LogP contribution is 2.29. The molecule has 0 spiro atoms. The molecule has 0 saturated carbocycles. The Bertz CT molecular complexity index is 581. The largest absolute Gasteiger partial charge is 0.368 e. The number of anilines is 1. The van der Waals surface area contributed by atoms with Crippen LogP contribution < -0.4 is 5.73 Å². The van der Waals surface area contributed by atoms with Gasteiger partial charge in [0.05, 0.1) is 10.2 Å². The van der Waals surface area contributed by atoms with Crippen LogP contribution in [0.2, 0.25) is 0 Å². The van der Waals surface area contributed by atoms with E-state index in [0.29, 0.717) is 11.6 Å². The average Bonchev–Trinajstić information content (AvgIpc) is 2.82. The Hall–Kier alpha value is -1.88. The van der Waals surface area contributed by atoms with Gasteiger partial charge in [-0.25, -0.2) is 4.98 Å². The molecule has 3 rings (SSSR count). The minimum absolute atomic E-state index is 0.309. The maximum Gasteiger partial charge on any atom is 0.222 e. The first kappa shape index (κ1) is 8.43. The Labute approximate surface area is 89.3 Å². The molecular weight excluding hydrogens is 210 g/mol. The van der Waals surface area contributed by atoms with Gasteiger partial charge in [0.1, 0.15) is 10.7 Å². The molecule has 5 heteroatoms. The summed E-state index contributed by atoms with van der Waals surface area (Å²) in [5.74, 6) is 0.309. The van der Waals surface area contributed by atoms with Gasteiger partial charge in [0, 0.05) is 6.07 Å². The van der Waals surface area contributed by atoms with Crippen LogP contribution in [0.1, 0.15) is 0 Å². The van der Waals surface area contributed by atoms with Crippen molar-refractivity contribution in [2.45, 2.75) is 0 Å². The van der Waals surface area contributed by atoms with Crippen molar-refractivity contribution in [3.63, 3.8) is 0 Å². The molecule has 0 radical (unpaired) electrons. The van der Waals surface area contributed by atoms with Gasteiger partial charge in [-0.2, -0.15) is 0 Å². The highest BCUT2D eigenvalue weighted by atomic mass is 32.1. The lowest BCUT2D eigenvalue weighted by Gasteiger charge is -1.81. The van der Waals surface area contributed by atoms with E-state index in [-0.39, 0.29) is 0 Å². The predicted molar refractivity (Wildman–Crippen MR) is 59.5 cm³/mol. The zero-order valence-electron chi connectivity index (χ0n) is 7.68. The van der Waals surface area contributed by atoms with Crippen LogP contribution in [0.25, 0.3) is 20.9 Å². The highest BCUT2D eigenvalue weighted by molar-refractivity contribution is 7.21. The van der Waals surface area contributed by atoms with Gasteiger partial charge in [-0.15, -0.1) is 11.3 Å². The molecule has 3 aromatic rings. The topological polar surface area (TPSA) is 64.9 Å². The van der Waals surface area contributed by atoms with Crippen LogP contribution in [0.15, 0.2) is 34.9 Å². The SMILES string of the molecule is Nc1cc(-c2nc3ccccc3s2)no1. The van der Waals surface area contributed by atoms with E-state index in [1.807, 2.05) is 24.3 Å². The van der Waals surface area contributed by atoms with E-state index < -0.39 is 0 Å². The second-order valence-corrected chi connectivity index (χ2v) is 4.13. The van der Waals surface area contributed by atoms with Crippen LogP contribution in [0.5, 0.6) is 0 Å². The standard InChI is InChI=1S/C10H7N3OS/c11-9-5-7(13-14-9)10-12-6-3-1-2-4-8(6)15-10/h1-5H,11H2. The summed E-state index contributed by atoms with van der Waals surface area (Å²) >= 11 is 1.57. The van der Waals surface area contributed by atoms with Crippen molar-refractivity contribution >= 4 is 27.4 Å². The van der Waals surface area contributed by atoms with Crippen LogP contribution in [-0.2, 0) is 0 Å². The van der Waals surface area contributed by atoms with Gasteiger partial charge >= 0.3 is 0 Å². The average molecular weight is 217 g/mol. The van der Waals surface area contributed by atoms with Crippen LogP contribution in [0, 0.1) is 0 Å². The fraction of sp³-hybridized carbons (Fsp3) is 0. The number of para-hydroxylation sites is 1. The molecule has 0 fully saturated rings. The summed E-state index contributed by atoms with van der Waals surface area (Å²) in [5, 5.41) is 4.66. The van der Waals surface area contributed by atoms with Crippen molar-refractivity contribution in [1.29, 1.82) is 0 Å². The van der Waals surface area contributed by atoms with Gasteiger partial charge in [0.25, 0.3) is 0 Å². The third-order valence-corrected chi connectivity index (χ3v) is 3.10. The maximum absolute atomic E-state index is 5.46. The molecular formula is C10H7N3OS. The molecule has 0 aliphatic heterocycles. The molecule has 0 amide bonds. The zero-order chi connectivity index (χ0) is 10.3. The number of thiazole rings is 1. The summed E-state index contributed by atoms with van der Waals surface area (Å²) in [6.45, 7) is 0. The lowest BCUT2D eigenvalue weighted by atomic mass is 10.3. The third-order valence-electron chi connectivity index (χ3n) is 2.04. The molecule has 0 atom stereocenters. The van der Waals surface area contributed by atoms with E-state index in [1.165, 1.54) is 0 Å². The monoisotopic (exact) mass is 217 g/mol. The van der Waals surface area contributed by atoms with Crippen LogP contribution in [0.4, 0.5) is 5.88 Å². The molecule has 1 aromatic carbocycles. The van der Waals surface area contributed by atoms with Gasteiger partial charge < -0.3 is 10.3 Å². The van der Waals surface area contributed by atoms with E-state index >= 15 is 0 Å². The Morgan fingerprint density at radius 3 is 2.87 bits per heavy atom. The number of fused-ring (bicyclic) bond motifs is 1. The second kappa shape index (κ2) is 3.06.